The molecule has 156 valence electrons. The number of amides is 1. The van der Waals surface area contributed by atoms with Crippen LogP contribution in [-0.2, 0) is 20.9 Å². The molecule has 3 rings (SSSR count). The zero-order valence-electron chi connectivity index (χ0n) is 16.3. The van der Waals surface area contributed by atoms with Gasteiger partial charge in [-0.25, -0.2) is 13.8 Å². The van der Waals surface area contributed by atoms with E-state index >= 15 is 0 Å². The van der Waals surface area contributed by atoms with Crippen molar-refractivity contribution < 1.29 is 23.1 Å². The van der Waals surface area contributed by atoms with Crippen LogP contribution in [0.5, 0.6) is 0 Å². The number of fused-ring (bicyclic) bond motifs is 1. The molecule has 0 saturated carbocycles. The Labute approximate surface area is 170 Å². The van der Waals surface area contributed by atoms with Gasteiger partial charge in [0.25, 0.3) is 11.5 Å². The van der Waals surface area contributed by atoms with Gasteiger partial charge in [-0.2, -0.15) is 0 Å². The van der Waals surface area contributed by atoms with Gasteiger partial charge in [0.05, 0.1) is 29.3 Å². The van der Waals surface area contributed by atoms with Gasteiger partial charge in [-0.05, 0) is 37.6 Å². The highest BCUT2D eigenvalue weighted by Crippen LogP contribution is 2.16. The molecule has 1 amide bonds. The number of nitrogens with one attached hydrogen (secondary N) is 1. The monoisotopic (exact) mass is 415 g/mol. The van der Waals surface area contributed by atoms with E-state index in [4.69, 9.17) is 4.74 Å². The van der Waals surface area contributed by atoms with Gasteiger partial charge >= 0.3 is 5.97 Å². The second-order valence-corrected chi connectivity index (χ2v) is 6.71. The molecule has 1 N–H and O–H groups in total. The number of halogens is 2. The average molecular weight is 415 g/mol. The van der Waals surface area contributed by atoms with Crippen LogP contribution in [0, 0.1) is 18.6 Å². The lowest BCUT2D eigenvalue weighted by Gasteiger charge is -2.14. The molecule has 1 atom stereocenters. The first kappa shape index (κ1) is 21.1. The molecule has 3 aromatic rings. The van der Waals surface area contributed by atoms with E-state index in [1.54, 1.807) is 12.1 Å². The maximum absolute atomic E-state index is 13.6. The van der Waals surface area contributed by atoms with Gasteiger partial charge in [-0.3, -0.25) is 19.0 Å². The van der Waals surface area contributed by atoms with Crippen LogP contribution < -0.4 is 10.9 Å². The number of carbonyl (C=O) groups is 2. The molecule has 1 heterocycles. The van der Waals surface area contributed by atoms with E-state index in [0.29, 0.717) is 10.9 Å². The van der Waals surface area contributed by atoms with E-state index < -0.39 is 29.6 Å². The quantitative estimate of drug-likeness (QED) is 0.625. The Morgan fingerprint density at radius 3 is 2.77 bits per heavy atom. The van der Waals surface area contributed by atoms with Gasteiger partial charge in [0, 0.05) is 12.6 Å². The van der Waals surface area contributed by atoms with Crippen LogP contribution in [-0.4, -0.2) is 27.5 Å². The van der Waals surface area contributed by atoms with Crippen molar-refractivity contribution in [2.75, 3.05) is 5.32 Å². The Hall–Kier alpha value is -3.62. The minimum atomic E-state index is -1.24. The first-order chi connectivity index (χ1) is 14.3. The summed E-state index contributed by atoms with van der Waals surface area (Å²) in [6.45, 7) is 3.16. The lowest BCUT2D eigenvalue weighted by Crippen LogP contribution is -2.31. The van der Waals surface area contributed by atoms with Crippen LogP contribution in [0.3, 0.4) is 0 Å². The number of benzene rings is 2. The van der Waals surface area contributed by atoms with E-state index in [1.807, 2.05) is 13.0 Å². The number of carbonyl (C=O) groups excluding carboxylic acids is 2. The molecule has 30 heavy (non-hydrogen) atoms. The van der Waals surface area contributed by atoms with Gasteiger partial charge < -0.3 is 10.1 Å². The van der Waals surface area contributed by atoms with Crippen molar-refractivity contribution in [1.29, 1.82) is 0 Å². The van der Waals surface area contributed by atoms with Gasteiger partial charge in [-0.15, -0.1) is 0 Å². The number of para-hydroxylation sites is 1. The van der Waals surface area contributed by atoms with Crippen LogP contribution in [0.4, 0.5) is 14.5 Å². The molecular weight excluding hydrogens is 396 g/mol. The van der Waals surface area contributed by atoms with Crippen LogP contribution >= 0.6 is 0 Å². The summed E-state index contributed by atoms with van der Waals surface area (Å²) in [5.41, 5.74) is 0.817. The number of hydrogen-bond acceptors (Lipinski definition) is 5. The number of rotatable bonds is 6. The molecule has 0 fully saturated rings. The van der Waals surface area contributed by atoms with Crippen LogP contribution in [0.2, 0.25) is 0 Å². The first-order valence-corrected chi connectivity index (χ1v) is 9.16. The Morgan fingerprint density at radius 1 is 1.23 bits per heavy atom. The number of hydrogen-bond donors (Lipinski definition) is 1. The molecule has 1 unspecified atom stereocenters. The number of esters is 1. The maximum Gasteiger partial charge on any atom is 0.308 e. The summed E-state index contributed by atoms with van der Waals surface area (Å²) in [4.78, 5) is 40.9. The normalized spacial score (nSPS) is 11.9. The fourth-order valence-corrected chi connectivity index (χ4v) is 2.85. The van der Waals surface area contributed by atoms with E-state index in [1.165, 1.54) is 17.8 Å². The van der Waals surface area contributed by atoms with Crippen molar-refractivity contribution in [2.45, 2.75) is 32.9 Å². The van der Waals surface area contributed by atoms with Gasteiger partial charge in [0.15, 0.2) is 6.10 Å². The Morgan fingerprint density at radius 2 is 2.00 bits per heavy atom. The third-order valence-electron chi connectivity index (χ3n) is 4.48. The summed E-state index contributed by atoms with van der Waals surface area (Å²) >= 11 is 0. The van der Waals surface area contributed by atoms with Gasteiger partial charge in [0.1, 0.15) is 11.6 Å². The average Bonchev–Trinajstić information content (AvgIpc) is 2.70. The van der Waals surface area contributed by atoms with Crippen molar-refractivity contribution in [3.05, 3.63) is 70.3 Å². The van der Waals surface area contributed by atoms with Crippen molar-refractivity contribution >= 4 is 28.5 Å². The fourth-order valence-electron chi connectivity index (χ4n) is 2.85. The van der Waals surface area contributed by atoms with Crippen LogP contribution in [0.25, 0.3) is 10.9 Å². The predicted octanol–water partition coefficient (Wildman–Crippen LogP) is 2.94. The van der Waals surface area contributed by atoms with Crippen molar-refractivity contribution in [2.24, 2.45) is 0 Å². The molecule has 0 radical (unpaired) electrons. The summed E-state index contributed by atoms with van der Waals surface area (Å²) < 4.78 is 33.1. The van der Waals surface area contributed by atoms with E-state index in [9.17, 15) is 23.2 Å². The number of aromatic nitrogens is 2. The second kappa shape index (κ2) is 8.81. The molecule has 0 aliphatic carbocycles. The standard InChI is InChI=1S/C21H19F2N3O4/c1-12-4-3-5-15-19(12)24-11-26(21(15)29)9-8-18(27)30-13(2)20(28)25-17-10-14(22)6-7-16(17)23/h3-7,10-11,13H,8-9H2,1-2H3,(H,25,28). The summed E-state index contributed by atoms with van der Waals surface area (Å²) in [5.74, 6) is -3.08. The zero-order valence-corrected chi connectivity index (χ0v) is 16.3. The fraction of sp³-hybridized carbons (Fsp3) is 0.238. The van der Waals surface area contributed by atoms with Gasteiger partial charge in [0.2, 0.25) is 0 Å². The number of anilines is 1. The number of ether oxygens (including phenoxy) is 1. The molecule has 0 bridgehead atoms. The van der Waals surface area contributed by atoms with Crippen molar-refractivity contribution in [3.8, 4) is 0 Å². The van der Waals surface area contributed by atoms with Crippen LogP contribution in [0.15, 0.2) is 47.5 Å². The molecule has 0 saturated heterocycles. The van der Waals surface area contributed by atoms with Crippen molar-refractivity contribution in [1.82, 2.24) is 9.55 Å². The molecule has 2 aromatic carbocycles. The lowest BCUT2D eigenvalue weighted by atomic mass is 10.1. The van der Waals surface area contributed by atoms with Crippen molar-refractivity contribution in [3.63, 3.8) is 0 Å². The topological polar surface area (TPSA) is 90.3 Å². The third-order valence-corrected chi connectivity index (χ3v) is 4.48. The molecular formula is C21H19F2N3O4. The molecule has 7 nitrogen and oxygen atoms in total. The van der Waals surface area contributed by atoms with E-state index in [0.717, 1.165) is 23.8 Å². The molecule has 9 heteroatoms. The molecule has 0 aliphatic rings. The molecule has 0 aliphatic heterocycles. The minimum absolute atomic E-state index is 0.0153. The SMILES string of the molecule is Cc1cccc2c(=O)n(CCC(=O)OC(C)C(=O)Nc3cc(F)ccc3F)cnc12. The largest absolute Gasteiger partial charge is 0.452 e. The molecule has 1 aromatic heterocycles. The Bertz CT molecular complexity index is 1180. The lowest BCUT2D eigenvalue weighted by molar-refractivity contribution is -0.153. The third kappa shape index (κ3) is 4.68. The number of nitrogens with zero attached hydrogens (tertiary/aromatic N) is 2. The maximum atomic E-state index is 13.6. The summed E-state index contributed by atoms with van der Waals surface area (Å²) in [6, 6.07) is 7.87. The van der Waals surface area contributed by atoms with Crippen LogP contribution in [0.1, 0.15) is 18.9 Å². The summed E-state index contributed by atoms with van der Waals surface area (Å²) in [5, 5.41) is 2.61. The smallest absolute Gasteiger partial charge is 0.308 e. The highest BCUT2D eigenvalue weighted by atomic mass is 19.1. The predicted molar refractivity (Wildman–Crippen MR) is 106 cm³/mol. The Kier molecular flexibility index (Phi) is 6.20. The van der Waals surface area contributed by atoms with Gasteiger partial charge in [-0.1, -0.05) is 12.1 Å². The highest BCUT2D eigenvalue weighted by Gasteiger charge is 2.19. The summed E-state index contributed by atoms with van der Waals surface area (Å²) in [6.07, 6.45) is -0.0622. The minimum Gasteiger partial charge on any atom is -0.452 e. The highest BCUT2D eigenvalue weighted by molar-refractivity contribution is 5.95. The zero-order chi connectivity index (χ0) is 21.8. The Balaban J connectivity index is 1.60. The summed E-state index contributed by atoms with van der Waals surface area (Å²) in [7, 11) is 0. The van der Waals surface area contributed by atoms with E-state index in [-0.39, 0.29) is 24.2 Å². The number of aryl methyl sites for hydroxylation is 2. The molecule has 0 spiro atoms. The second-order valence-electron chi connectivity index (χ2n) is 6.71. The first-order valence-electron chi connectivity index (χ1n) is 9.16. The van der Waals surface area contributed by atoms with E-state index in [2.05, 4.69) is 10.3 Å².